The average molecular weight is 253 g/mol. The number of hydrogen-bond donors (Lipinski definition) is 2. The van der Waals surface area contributed by atoms with Gasteiger partial charge in [0, 0.05) is 30.9 Å². The van der Waals surface area contributed by atoms with Gasteiger partial charge in [-0.2, -0.15) is 0 Å². The second-order valence-electron chi connectivity index (χ2n) is 4.36. The van der Waals surface area contributed by atoms with E-state index in [0.29, 0.717) is 13.1 Å². The monoisotopic (exact) mass is 253 g/mol. The lowest BCUT2D eigenvalue weighted by Crippen LogP contribution is -2.39. The molecular formula is C12H19N3OS. The van der Waals surface area contributed by atoms with Gasteiger partial charge in [0.05, 0.1) is 11.3 Å². The molecule has 0 amide bonds. The van der Waals surface area contributed by atoms with E-state index < -0.39 is 5.60 Å². The molecule has 0 spiro atoms. The minimum Gasteiger partial charge on any atom is -0.389 e. The molecule has 5 heteroatoms. The summed E-state index contributed by atoms with van der Waals surface area (Å²) in [4.78, 5) is 5.50. The highest BCUT2D eigenvalue weighted by atomic mass is 32.1. The van der Waals surface area contributed by atoms with Gasteiger partial charge >= 0.3 is 0 Å². The number of aromatic nitrogens is 2. The smallest absolute Gasteiger partial charge is 0.193 e. The van der Waals surface area contributed by atoms with E-state index in [4.69, 9.17) is 0 Å². The summed E-state index contributed by atoms with van der Waals surface area (Å²) in [6.07, 6.45) is 5.57. The van der Waals surface area contributed by atoms with Gasteiger partial charge in [-0.25, -0.2) is 4.98 Å². The topological polar surface area (TPSA) is 49.6 Å². The maximum absolute atomic E-state index is 10.1. The maximum atomic E-state index is 10.1. The SMILES string of the molecule is CCC(O)(CC)CNCc1cn2ccsc2n1. The van der Waals surface area contributed by atoms with E-state index in [2.05, 4.69) is 10.3 Å². The Labute approximate surface area is 105 Å². The van der Waals surface area contributed by atoms with Crippen molar-refractivity contribution in [2.45, 2.75) is 38.8 Å². The second kappa shape index (κ2) is 5.16. The second-order valence-corrected chi connectivity index (χ2v) is 5.23. The van der Waals surface area contributed by atoms with E-state index in [-0.39, 0.29) is 0 Å². The Balaban J connectivity index is 1.88. The lowest BCUT2D eigenvalue weighted by molar-refractivity contribution is 0.0322. The number of hydrogen-bond acceptors (Lipinski definition) is 4. The number of rotatable bonds is 6. The molecule has 4 nitrogen and oxygen atoms in total. The molecule has 0 radical (unpaired) electrons. The van der Waals surface area contributed by atoms with Crippen LogP contribution in [0.2, 0.25) is 0 Å². The van der Waals surface area contributed by atoms with Crippen LogP contribution in [0.4, 0.5) is 0 Å². The normalized spacial score (nSPS) is 12.4. The summed E-state index contributed by atoms with van der Waals surface area (Å²) >= 11 is 1.63. The molecule has 0 aliphatic rings. The predicted molar refractivity (Wildman–Crippen MR) is 70.3 cm³/mol. The molecule has 2 heterocycles. The molecule has 0 fully saturated rings. The van der Waals surface area contributed by atoms with Crippen molar-refractivity contribution in [2.24, 2.45) is 0 Å². The number of nitrogens with one attached hydrogen (secondary N) is 1. The minimum atomic E-state index is -0.586. The Morgan fingerprint density at radius 2 is 2.24 bits per heavy atom. The van der Waals surface area contributed by atoms with Crippen LogP contribution in [0, 0.1) is 0 Å². The summed E-state index contributed by atoms with van der Waals surface area (Å²) < 4.78 is 2.02. The van der Waals surface area contributed by atoms with Gasteiger partial charge in [0.25, 0.3) is 0 Å². The van der Waals surface area contributed by atoms with Crippen LogP contribution >= 0.6 is 11.3 Å². The molecule has 2 N–H and O–H groups in total. The summed E-state index contributed by atoms with van der Waals surface area (Å²) in [7, 11) is 0. The van der Waals surface area contributed by atoms with Crippen LogP contribution in [0.3, 0.4) is 0 Å². The highest BCUT2D eigenvalue weighted by molar-refractivity contribution is 7.15. The Hall–Kier alpha value is -0.910. The Kier molecular flexibility index (Phi) is 3.81. The van der Waals surface area contributed by atoms with E-state index in [1.165, 1.54) is 0 Å². The maximum Gasteiger partial charge on any atom is 0.193 e. The van der Waals surface area contributed by atoms with Gasteiger partial charge in [-0.05, 0) is 12.8 Å². The third-order valence-electron chi connectivity index (χ3n) is 3.22. The van der Waals surface area contributed by atoms with E-state index in [0.717, 1.165) is 23.5 Å². The molecule has 2 aromatic rings. The first-order chi connectivity index (χ1) is 8.17. The molecule has 2 aromatic heterocycles. The van der Waals surface area contributed by atoms with E-state index in [9.17, 15) is 5.11 Å². The fourth-order valence-corrected chi connectivity index (χ4v) is 2.50. The molecule has 0 aliphatic carbocycles. The first-order valence-electron chi connectivity index (χ1n) is 6.01. The molecule has 0 saturated heterocycles. The van der Waals surface area contributed by atoms with Gasteiger partial charge in [-0.15, -0.1) is 11.3 Å². The van der Waals surface area contributed by atoms with Crippen LogP contribution in [0.1, 0.15) is 32.4 Å². The number of nitrogens with zero attached hydrogens (tertiary/aromatic N) is 2. The van der Waals surface area contributed by atoms with Gasteiger partial charge in [0.1, 0.15) is 0 Å². The number of imidazole rings is 1. The standard InChI is InChI=1S/C12H19N3OS/c1-3-12(16,4-2)9-13-7-10-8-15-5-6-17-11(15)14-10/h5-6,8,13,16H,3-4,7,9H2,1-2H3. The number of aliphatic hydroxyl groups is 1. The molecule has 0 saturated carbocycles. The van der Waals surface area contributed by atoms with Gasteiger partial charge in [0.2, 0.25) is 0 Å². The van der Waals surface area contributed by atoms with Crippen molar-refractivity contribution >= 4 is 16.3 Å². The van der Waals surface area contributed by atoms with Crippen LogP contribution in [-0.2, 0) is 6.54 Å². The molecule has 0 unspecified atom stereocenters. The van der Waals surface area contributed by atoms with Crippen LogP contribution in [-0.4, -0.2) is 26.6 Å². The molecule has 0 aliphatic heterocycles. The Morgan fingerprint density at radius 1 is 1.47 bits per heavy atom. The molecule has 94 valence electrons. The van der Waals surface area contributed by atoms with Crippen molar-refractivity contribution in [1.82, 2.24) is 14.7 Å². The van der Waals surface area contributed by atoms with Crippen LogP contribution in [0.15, 0.2) is 17.8 Å². The highest BCUT2D eigenvalue weighted by Gasteiger charge is 2.21. The van der Waals surface area contributed by atoms with Crippen molar-refractivity contribution in [3.05, 3.63) is 23.5 Å². The third kappa shape index (κ3) is 2.86. The highest BCUT2D eigenvalue weighted by Crippen LogP contribution is 2.14. The number of thiazole rings is 1. The first kappa shape index (κ1) is 12.5. The molecule has 0 aromatic carbocycles. The Morgan fingerprint density at radius 3 is 2.88 bits per heavy atom. The van der Waals surface area contributed by atoms with Crippen LogP contribution in [0.25, 0.3) is 4.96 Å². The van der Waals surface area contributed by atoms with Crippen molar-refractivity contribution in [3.8, 4) is 0 Å². The molecule has 17 heavy (non-hydrogen) atoms. The number of fused-ring (bicyclic) bond motifs is 1. The van der Waals surface area contributed by atoms with Crippen molar-refractivity contribution in [1.29, 1.82) is 0 Å². The summed E-state index contributed by atoms with van der Waals surface area (Å²) in [5.74, 6) is 0. The average Bonchev–Trinajstić information content (AvgIpc) is 2.89. The fourth-order valence-electron chi connectivity index (χ4n) is 1.78. The fraction of sp³-hybridized carbons (Fsp3) is 0.583. The minimum absolute atomic E-state index is 0.586. The summed E-state index contributed by atoms with van der Waals surface area (Å²) in [5, 5.41) is 15.4. The quantitative estimate of drug-likeness (QED) is 0.828. The largest absolute Gasteiger partial charge is 0.389 e. The predicted octanol–water partition coefficient (Wildman–Crippen LogP) is 2.04. The van der Waals surface area contributed by atoms with Crippen LogP contribution in [0.5, 0.6) is 0 Å². The third-order valence-corrected chi connectivity index (χ3v) is 3.99. The summed E-state index contributed by atoms with van der Waals surface area (Å²) in [6, 6.07) is 0. The van der Waals surface area contributed by atoms with Gasteiger partial charge in [-0.1, -0.05) is 13.8 Å². The van der Waals surface area contributed by atoms with Crippen molar-refractivity contribution in [3.63, 3.8) is 0 Å². The van der Waals surface area contributed by atoms with E-state index in [1.54, 1.807) is 11.3 Å². The van der Waals surface area contributed by atoms with Crippen LogP contribution < -0.4 is 5.32 Å². The first-order valence-corrected chi connectivity index (χ1v) is 6.89. The van der Waals surface area contributed by atoms with E-state index >= 15 is 0 Å². The summed E-state index contributed by atoms with van der Waals surface area (Å²) in [5.41, 5.74) is 0.434. The lowest BCUT2D eigenvalue weighted by Gasteiger charge is -2.25. The van der Waals surface area contributed by atoms with Gasteiger partial charge in [0.15, 0.2) is 4.96 Å². The van der Waals surface area contributed by atoms with Crippen molar-refractivity contribution in [2.75, 3.05) is 6.54 Å². The molecule has 0 bridgehead atoms. The molecular weight excluding hydrogens is 234 g/mol. The summed E-state index contributed by atoms with van der Waals surface area (Å²) in [6.45, 7) is 5.34. The molecule has 0 atom stereocenters. The van der Waals surface area contributed by atoms with E-state index in [1.807, 2.05) is 36.0 Å². The lowest BCUT2D eigenvalue weighted by atomic mass is 9.98. The van der Waals surface area contributed by atoms with Crippen molar-refractivity contribution < 1.29 is 5.11 Å². The Bertz CT molecular complexity index is 444. The molecule has 2 rings (SSSR count). The zero-order chi connectivity index (χ0) is 12.3. The zero-order valence-electron chi connectivity index (χ0n) is 10.3. The van der Waals surface area contributed by atoms with Gasteiger partial charge in [-0.3, -0.25) is 4.40 Å². The zero-order valence-corrected chi connectivity index (χ0v) is 11.1. The van der Waals surface area contributed by atoms with Gasteiger partial charge < -0.3 is 10.4 Å².